The van der Waals surface area contributed by atoms with E-state index in [1.807, 2.05) is 12.1 Å². The molecule has 0 fully saturated rings. The highest BCUT2D eigenvalue weighted by Crippen LogP contribution is 2.22. The fourth-order valence-electron chi connectivity index (χ4n) is 2.91. The molecule has 0 saturated heterocycles. The second-order valence-corrected chi connectivity index (χ2v) is 7.66. The summed E-state index contributed by atoms with van der Waals surface area (Å²) in [6, 6.07) is 14.0. The number of allylic oxidation sites excluding steroid dienone is 1. The minimum atomic E-state index is -0.559. The number of thioether (sulfide) groups is 1. The van der Waals surface area contributed by atoms with E-state index < -0.39 is 5.24 Å². The van der Waals surface area contributed by atoms with Crippen LogP contribution in [0.25, 0.3) is 0 Å². The van der Waals surface area contributed by atoms with E-state index in [4.69, 9.17) is 14.7 Å². The van der Waals surface area contributed by atoms with Gasteiger partial charge < -0.3 is 14.8 Å². The first-order chi connectivity index (χ1) is 14.6. The molecule has 0 aromatic heterocycles. The lowest BCUT2D eigenvalue weighted by molar-refractivity contribution is 0.0947. The molecular weight excluding hydrogens is 404 g/mol. The Morgan fingerprint density at radius 3 is 2.47 bits per heavy atom. The largest absolute Gasteiger partial charge is 0.492 e. The van der Waals surface area contributed by atoms with Crippen molar-refractivity contribution in [2.24, 2.45) is 0 Å². The number of carbonyl (C=O) groups is 2. The number of hydrogen-bond acceptors (Lipinski definition) is 6. The summed E-state index contributed by atoms with van der Waals surface area (Å²) in [4.78, 5) is 24.0. The highest BCUT2D eigenvalue weighted by Gasteiger charge is 2.11. The van der Waals surface area contributed by atoms with Crippen molar-refractivity contribution in [2.45, 2.75) is 30.3 Å². The molecule has 30 heavy (non-hydrogen) atoms. The van der Waals surface area contributed by atoms with Crippen LogP contribution in [0.4, 0.5) is 4.79 Å². The number of carbonyl (C=O) groups excluding carboxylic acids is 2. The van der Waals surface area contributed by atoms with E-state index >= 15 is 0 Å². The average molecular weight is 429 g/mol. The normalized spacial score (nSPS) is 15.3. The summed E-state index contributed by atoms with van der Waals surface area (Å²) in [6.07, 6.45) is 7.58. The van der Waals surface area contributed by atoms with Gasteiger partial charge in [-0.05, 0) is 85.6 Å². The molecule has 2 amide bonds. The molecule has 2 aromatic carbocycles. The highest BCUT2D eigenvalue weighted by atomic mass is 32.2. The van der Waals surface area contributed by atoms with Crippen LogP contribution in [0.2, 0.25) is 0 Å². The molecule has 2 aromatic rings. The van der Waals surface area contributed by atoms with Crippen molar-refractivity contribution < 1.29 is 24.3 Å². The molecule has 158 valence electrons. The zero-order valence-corrected chi connectivity index (χ0v) is 17.2. The zero-order valence-electron chi connectivity index (χ0n) is 16.4. The third-order valence-electron chi connectivity index (χ3n) is 4.40. The first kappa shape index (κ1) is 21.7. The maximum Gasteiger partial charge on any atom is 0.307 e. The number of amides is 2. The first-order valence-corrected chi connectivity index (χ1v) is 10.5. The van der Waals surface area contributed by atoms with Crippen molar-refractivity contribution in [3.05, 3.63) is 66.2 Å². The van der Waals surface area contributed by atoms with Crippen molar-refractivity contribution in [3.63, 3.8) is 0 Å². The average Bonchev–Trinajstić information content (AvgIpc) is 2.78. The molecular formula is C22H24N2O5S. The standard InChI is InChI=1S/C22H24N2O5S/c25-21(16-6-8-19(9-7-16)29-18-4-2-1-3-5-18)23-14-15-28-17-10-12-20(13-11-17)30-22(26)24-27/h2,4,6-13,18,27H,1,3,5,14-15H2,(H,23,25)(H,24,26). The van der Waals surface area contributed by atoms with E-state index in [-0.39, 0.29) is 12.0 Å². The van der Waals surface area contributed by atoms with Crippen molar-refractivity contribution in [3.8, 4) is 11.5 Å². The van der Waals surface area contributed by atoms with Crippen molar-refractivity contribution in [1.29, 1.82) is 0 Å². The molecule has 8 heteroatoms. The summed E-state index contributed by atoms with van der Waals surface area (Å²) in [5.74, 6) is 1.20. The van der Waals surface area contributed by atoms with E-state index in [1.165, 1.54) is 0 Å². The molecule has 1 aliphatic rings. The quantitative estimate of drug-likeness (QED) is 0.192. The molecule has 1 aliphatic carbocycles. The van der Waals surface area contributed by atoms with Crippen LogP contribution in [0.3, 0.4) is 0 Å². The smallest absolute Gasteiger partial charge is 0.307 e. The lowest BCUT2D eigenvalue weighted by Crippen LogP contribution is -2.28. The number of ether oxygens (including phenoxy) is 2. The molecule has 7 nitrogen and oxygen atoms in total. The number of hydroxylamine groups is 1. The summed E-state index contributed by atoms with van der Waals surface area (Å²) in [5.41, 5.74) is 2.12. The summed E-state index contributed by atoms with van der Waals surface area (Å²) >= 11 is 0.868. The molecule has 0 radical (unpaired) electrons. The van der Waals surface area contributed by atoms with Gasteiger partial charge in [0.05, 0.1) is 6.54 Å². The molecule has 0 bridgehead atoms. The number of rotatable bonds is 8. The van der Waals surface area contributed by atoms with E-state index in [9.17, 15) is 9.59 Å². The SMILES string of the molecule is O=C(NO)Sc1ccc(OCCNC(=O)c2ccc(OC3C=CCCC3)cc2)cc1. The highest BCUT2D eigenvalue weighted by molar-refractivity contribution is 8.13. The fourth-order valence-corrected chi connectivity index (χ4v) is 3.44. The van der Waals surface area contributed by atoms with Crippen LogP contribution in [-0.4, -0.2) is 35.6 Å². The zero-order chi connectivity index (χ0) is 21.2. The van der Waals surface area contributed by atoms with Crippen LogP contribution in [0.15, 0.2) is 65.6 Å². The number of hydrogen-bond donors (Lipinski definition) is 3. The fraction of sp³-hybridized carbons (Fsp3) is 0.273. The van der Waals surface area contributed by atoms with E-state index in [0.29, 0.717) is 29.4 Å². The van der Waals surface area contributed by atoms with E-state index in [2.05, 4.69) is 17.5 Å². The molecule has 3 rings (SSSR count). The van der Waals surface area contributed by atoms with Gasteiger partial charge in [-0.3, -0.25) is 14.8 Å². The van der Waals surface area contributed by atoms with Gasteiger partial charge in [-0.1, -0.05) is 6.08 Å². The molecule has 0 saturated carbocycles. The Hall–Kier alpha value is -2.97. The molecule has 0 heterocycles. The van der Waals surface area contributed by atoms with E-state index in [1.54, 1.807) is 41.9 Å². The van der Waals surface area contributed by atoms with Crippen molar-refractivity contribution in [1.82, 2.24) is 10.8 Å². The van der Waals surface area contributed by atoms with Crippen LogP contribution in [0.5, 0.6) is 11.5 Å². The molecule has 0 spiro atoms. The van der Waals surface area contributed by atoms with Gasteiger partial charge in [0, 0.05) is 10.5 Å². The van der Waals surface area contributed by atoms with Crippen LogP contribution >= 0.6 is 11.8 Å². The van der Waals surface area contributed by atoms with Gasteiger partial charge >= 0.3 is 5.24 Å². The summed E-state index contributed by atoms with van der Waals surface area (Å²) in [5, 5.41) is 10.8. The second kappa shape index (κ2) is 11.3. The van der Waals surface area contributed by atoms with Crippen molar-refractivity contribution >= 4 is 22.9 Å². The third kappa shape index (κ3) is 6.82. The van der Waals surface area contributed by atoms with Crippen LogP contribution < -0.4 is 20.3 Å². The summed E-state index contributed by atoms with van der Waals surface area (Å²) < 4.78 is 11.5. The topological polar surface area (TPSA) is 96.9 Å². The molecule has 3 N–H and O–H groups in total. The van der Waals surface area contributed by atoms with E-state index in [0.717, 1.165) is 36.8 Å². The lowest BCUT2D eigenvalue weighted by atomic mass is 10.1. The van der Waals surface area contributed by atoms with Gasteiger partial charge in [0.15, 0.2) is 0 Å². The Balaban J connectivity index is 1.38. The Labute approximate surface area is 179 Å². The van der Waals surface area contributed by atoms with Crippen LogP contribution in [0, 0.1) is 0 Å². The maximum atomic E-state index is 12.3. The molecule has 0 aliphatic heterocycles. The maximum absolute atomic E-state index is 12.3. The Kier molecular flexibility index (Phi) is 8.17. The Bertz CT molecular complexity index is 868. The van der Waals surface area contributed by atoms with Gasteiger partial charge in [0.2, 0.25) is 0 Å². The third-order valence-corrected chi connectivity index (χ3v) is 5.18. The minimum absolute atomic E-state index is 0.107. The number of benzene rings is 2. The van der Waals surface area contributed by atoms with Gasteiger partial charge in [-0.25, -0.2) is 5.48 Å². The van der Waals surface area contributed by atoms with Gasteiger partial charge in [-0.15, -0.1) is 0 Å². The summed E-state index contributed by atoms with van der Waals surface area (Å²) in [7, 11) is 0. The van der Waals surface area contributed by atoms with Crippen molar-refractivity contribution in [2.75, 3.05) is 13.2 Å². The van der Waals surface area contributed by atoms with Crippen LogP contribution in [-0.2, 0) is 0 Å². The Morgan fingerprint density at radius 1 is 1.07 bits per heavy atom. The second-order valence-electron chi connectivity index (χ2n) is 6.62. The van der Waals surface area contributed by atoms with Gasteiger partial charge in [0.25, 0.3) is 5.91 Å². The van der Waals surface area contributed by atoms with Crippen LogP contribution in [0.1, 0.15) is 29.6 Å². The first-order valence-electron chi connectivity index (χ1n) is 9.70. The summed E-state index contributed by atoms with van der Waals surface area (Å²) in [6.45, 7) is 0.665. The lowest BCUT2D eigenvalue weighted by Gasteiger charge is -2.18. The monoisotopic (exact) mass is 428 g/mol. The Morgan fingerprint density at radius 2 is 1.80 bits per heavy atom. The predicted molar refractivity (Wildman–Crippen MR) is 114 cm³/mol. The number of nitrogens with one attached hydrogen (secondary N) is 2. The van der Waals surface area contributed by atoms with Gasteiger partial charge in [-0.2, -0.15) is 0 Å². The minimum Gasteiger partial charge on any atom is -0.492 e. The molecule has 1 atom stereocenters. The molecule has 1 unspecified atom stereocenters. The predicted octanol–water partition coefficient (Wildman–Crippen LogP) is 4.17. The van der Waals surface area contributed by atoms with Gasteiger partial charge in [0.1, 0.15) is 24.2 Å².